The zero-order chi connectivity index (χ0) is 15.7. The van der Waals surface area contributed by atoms with Crippen molar-refractivity contribution in [3.63, 3.8) is 0 Å². The zero-order valence-corrected chi connectivity index (χ0v) is 12.2. The number of carboxylic acid groups (broad SMARTS) is 1. The van der Waals surface area contributed by atoms with Crippen molar-refractivity contribution in [1.29, 1.82) is 5.26 Å². The highest BCUT2D eigenvalue weighted by molar-refractivity contribution is 5.87. The highest BCUT2D eigenvalue weighted by Crippen LogP contribution is 2.29. The van der Waals surface area contributed by atoms with Crippen molar-refractivity contribution in [2.75, 3.05) is 11.4 Å². The van der Waals surface area contributed by atoms with Crippen molar-refractivity contribution in [2.45, 2.75) is 25.8 Å². The Morgan fingerprint density at radius 3 is 2.91 bits per heavy atom. The third kappa shape index (κ3) is 2.42. The minimum Gasteiger partial charge on any atom is -0.478 e. The van der Waals surface area contributed by atoms with Crippen molar-refractivity contribution >= 4 is 11.7 Å². The Morgan fingerprint density at radius 1 is 1.50 bits per heavy atom. The SMILES string of the molecule is CC1CCCN1c1ccc(-n2cc(C(=O)O)cn2)cc1C#N. The first-order valence-corrected chi connectivity index (χ1v) is 7.19. The van der Waals surface area contributed by atoms with Gasteiger partial charge in [-0.2, -0.15) is 10.4 Å². The van der Waals surface area contributed by atoms with E-state index in [4.69, 9.17) is 5.11 Å². The van der Waals surface area contributed by atoms with Gasteiger partial charge in [-0.3, -0.25) is 0 Å². The molecule has 0 aliphatic carbocycles. The lowest BCUT2D eigenvalue weighted by molar-refractivity contribution is 0.0697. The number of nitrogens with zero attached hydrogens (tertiary/aromatic N) is 4. The van der Waals surface area contributed by atoms with Crippen LogP contribution in [0.5, 0.6) is 0 Å². The summed E-state index contributed by atoms with van der Waals surface area (Å²) in [5.41, 5.74) is 2.32. The Kier molecular flexibility index (Phi) is 3.55. The predicted octanol–water partition coefficient (Wildman–Crippen LogP) is 2.43. The van der Waals surface area contributed by atoms with E-state index in [2.05, 4.69) is 23.0 Å². The molecular weight excluding hydrogens is 280 g/mol. The van der Waals surface area contributed by atoms with Gasteiger partial charge in [-0.05, 0) is 38.0 Å². The van der Waals surface area contributed by atoms with Crippen LogP contribution in [0.4, 0.5) is 5.69 Å². The van der Waals surface area contributed by atoms with Crippen LogP contribution in [0.2, 0.25) is 0 Å². The van der Waals surface area contributed by atoms with Crippen LogP contribution in [0, 0.1) is 11.3 Å². The molecule has 3 rings (SSSR count). The Morgan fingerprint density at radius 2 is 2.32 bits per heavy atom. The van der Waals surface area contributed by atoms with Gasteiger partial charge < -0.3 is 10.0 Å². The number of anilines is 1. The average Bonchev–Trinajstić information content (AvgIpc) is 3.15. The van der Waals surface area contributed by atoms with Gasteiger partial charge in [0, 0.05) is 18.8 Å². The van der Waals surface area contributed by atoms with Crippen LogP contribution < -0.4 is 4.90 Å². The van der Waals surface area contributed by atoms with E-state index in [1.54, 1.807) is 6.07 Å². The maximum Gasteiger partial charge on any atom is 0.338 e. The third-order valence-electron chi connectivity index (χ3n) is 4.06. The van der Waals surface area contributed by atoms with Gasteiger partial charge in [0.25, 0.3) is 0 Å². The average molecular weight is 296 g/mol. The molecule has 1 atom stereocenters. The molecule has 112 valence electrons. The summed E-state index contributed by atoms with van der Waals surface area (Å²) in [4.78, 5) is 13.2. The van der Waals surface area contributed by atoms with E-state index in [1.807, 2.05) is 12.1 Å². The van der Waals surface area contributed by atoms with E-state index >= 15 is 0 Å². The molecule has 1 N–H and O–H groups in total. The summed E-state index contributed by atoms with van der Waals surface area (Å²) >= 11 is 0. The van der Waals surface area contributed by atoms with E-state index in [0.717, 1.165) is 25.1 Å². The van der Waals surface area contributed by atoms with E-state index in [1.165, 1.54) is 17.1 Å². The molecule has 0 radical (unpaired) electrons. The van der Waals surface area contributed by atoms with Crippen LogP contribution in [-0.2, 0) is 0 Å². The summed E-state index contributed by atoms with van der Waals surface area (Å²) in [5.74, 6) is -1.02. The topological polar surface area (TPSA) is 82.2 Å². The van der Waals surface area contributed by atoms with Crippen LogP contribution in [0.1, 0.15) is 35.7 Å². The molecule has 1 unspecified atom stereocenters. The molecule has 0 spiro atoms. The summed E-state index contributed by atoms with van der Waals surface area (Å²) in [6.07, 6.45) is 5.00. The van der Waals surface area contributed by atoms with E-state index < -0.39 is 5.97 Å². The first-order chi connectivity index (χ1) is 10.6. The monoisotopic (exact) mass is 296 g/mol. The van der Waals surface area contributed by atoms with Gasteiger partial charge in [-0.15, -0.1) is 0 Å². The molecule has 0 amide bonds. The van der Waals surface area contributed by atoms with Gasteiger partial charge in [0.05, 0.1) is 28.7 Å². The third-order valence-corrected chi connectivity index (χ3v) is 4.06. The second-order valence-corrected chi connectivity index (χ2v) is 5.48. The molecule has 2 aromatic rings. The maximum absolute atomic E-state index is 10.9. The fourth-order valence-corrected chi connectivity index (χ4v) is 2.87. The summed E-state index contributed by atoms with van der Waals surface area (Å²) in [7, 11) is 0. The lowest BCUT2D eigenvalue weighted by Crippen LogP contribution is -2.27. The first kappa shape index (κ1) is 14.1. The largest absolute Gasteiger partial charge is 0.478 e. The molecule has 2 heterocycles. The van der Waals surface area contributed by atoms with Crippen molar-refractivity contribution in [3.8, 4) is 11.8 Å². The molecule has 22 heavy (non-hydrogen) atoms. The number of aromatic nitrogens is 2. The minimum atomic E-state index is -1.02. The molecule has 0 saturated carbocycles. The molecular formula is C16H16N4O2. The number of rotatable bonds is 3. The van der Waals surface area contributed by atoms with Gasteiger partial charge in [-0.25, -0.2) is 9.48 Å². The van der Waals surface area contributed by atoms with E-state index in [0.29, 0.717) is 17.3 Å². The minimum absolute atomic E-state index is 0.121. The number of nitriles is 1. The van der Waals surface area contributed by atoms with Crippen molar-refractivity contribution < 1.29 is 9.90 Å². The summed E-state index contributed by atoms with van der Waals surface area (Å²) in [5, 5.41) is 22.4. The smallest absolute Gasteiger partial charge is 0.338 e. The second-order valence-electron chi connectivity index (χ2n) is 5.48. The van der Waals surface area contributed by atoms with Gasteiger partial charge in [0.1, 0.15) is 6.07 Å². The molecule has 1 aliphatic heterocycles. The van der Waals surface area contributed by atoms with Gasteiger partial charge in [-0.1, -0.05) is 0 Å². The Balaban J connectivity index is 1.98. The summed E-state index contributed by atoms with van der Waals surface area (Å²) in [6, 6.07) is 8.19. The zero-order valence-electron chi connectivity index (χ0n) is 12.2. The Hall–Kier alpha value is -2.81. The Labute approximate surface area is 128 Å². The molecule has 1 fully saturated rings. The molecule has 6 heteroatoms. The molecule has 1 aromatic heterocycles. The van der Waals surface area contributed by atoms with Gasteiger partial charge in [0.15, 0.2) is 0 Å². The number of hydrogen-bond donors (Lipinski definition) is 1. The number of hydrogen-bond acceptors (Lipinski definition) is 4. The van der Waals surface area contributed by atoms with Crippen LogP contribution >= 0.6 is 0 Å². The van der Waals surface area contributed by atoms with Crippen molar-refractivity contribution in [3.05, 3.63) is 41.7 Å². The molecule has 6 nitrogen and oxygen atoms in total. The van der Waals surface area contributed by atoms with E-state index in [-0.39, 0.29) is 5.56 Å². The Bertz CT molecular complexity index is 760. The molecule has 1 aliphatic rings. The summed E-state index contributed by atoms with van der Waals surface area (Å²) in [6.45, 7) is 3.12. The first-order valence-electron chi connectivity index (χ1n) is 7.19. The lowest BCUT2D eigenvalue weighted by Gasteiger charge is -2.25. The van der Waals surface area contributed by atoms with Gasteiger partial charge >= 0.3 is 5.97 Å². The highest BCUT2D eigenvalue weighted by Gasteiger charge is 2.23. The quantitative estimate of drug-likeness (QED) is 0.940. The van der Waals surface area contributed by atoms with Crippen LogP contribution in [-0.4, -0.2) is 33.4 Å². The normalized spacial score (nSPS) is 17.5. The van der Waals surface area contributed by atoms with Crippen LogP contribution in [0.25, 0.3) is 5.69 Å². The summed E-state index contributed by atoms with van der Waals surface area (Å²) < 4.78 is 1.47. The number of carbonyl (C=O) groups is 1. The number of carboxylic acids is 1. The second kappa shape index (κ2) is 5.53. The van der Waals surface area contributed by atoms with Gasteiger partial charge in [0.2, 0.25) is 0 Å². The standard InChI is InChI=1S/C16H16N4O2/c1-11-3-2-6-19(11)15-5-4-14(7-12(15)8-17)20-10-13(9-18-20)16(21)22/h4-5,7,9-11H,2-3,6H2,1H3,(H,21,22). The fraction of sp³-hybridized carbons (Fsp3) is 0.312. The van der Waals surface area contributed by atoms with Crippen LogP contribution in [0.3, 0.4) is 0 Å². The maximum atomic E-state index is 10.9. The van der Waals surface area contributed by atoms with Crippen molar-refractivity contribution in [1.82, 2.24) is 9.78 Å². The van der Waals surface area contributed by atoms with E-state index in [9.17, 15) is 10.1 Å². The highest BCUT2D eigenvalue weighted by atomic mass is 16.4. The van der Waals surface area contributed by atoms with Crippen LogP contribution in [0.15, 0.2) is 30.6 Å². The molecule has 1 saturated heterocycles. The predicted molar refractivity (Wildman–Crippen MR) is 81.3 cm³/mol. The fourth-order valence-electron chi connectivity index (χ4n) is 2.87. The number of aromatic carboxylic acids is 1. The molecule has 1 aromatic carbocycles. The molecule has 0 bridgehead atoms. The number of benzene rings is 1. The van der Waals surface area contributed by atoms with Crippen molar-refractivity contribution in [2.24, 2.45) is 0 Å². The lowest BCUT2D eigenvalue weighted by atomic mass is 10.1.